The number of amides is 1. The lowest BCUT2D eigenvalue weighted by Gasteiger charge is -2.29. The Morgan fingerprint density at radius 3 is 2.69 bits per heavy atom. The Hall–Kier alpha value is -2.21. The number of morpholine rings is 1. The van der Waals surface area contributed by atoms with Gasteiger partial charge in [0.25, 0.3) is 5.91 Å². The Labute approximate surface area is 176 Å². The van der Waals surface area contributed by atoms with E-state index in [4.69, 9.17) is 21.4 Å². The van der Waals surface area contributed by atoms with Gasteiger partial charge in [-0.25, -0.2) is 5.01 Å². The molecule has 0 radical (unpaired) electrons. The molecular formula is C23H26ClN3O2. The van der Waals surface area contributed by atoms with Crippen LogP contribution < -0.4 is 0 Å². The summed E-state index contributed by atoms with van der Waals surface area (Å²) in [5.41, 5.74) is 5.24. The molecule has 5 nitrogen and oxygen atoms in total. The van der Waals surface area contributed by atoms with Crippen LogP contribution in [0.3, 0.4) is 0 Å². The summed E-state index contributed by atoms with van der Waals surface area (Å²) >= 11 is 6.43. The third kappa shape index (κ3) is 4.37. The number of ether oxygens (including phenoxy) is 1. The first-order valence-corrected chi connectivity index (χ1v) is 10.4. The van der Waals surface area contributed by atoms with E-state index in [1.165, 1.54) is 11.1 Å². The Balaban J connectivity index is 1.66. The molecule has 6 heteroatoms. The summed E-state index contributed by atoms with van der Waals surface area (Å²) in [5.74, 6) is 0.0138. The lowest BCUT2D eigenvalue weighted by molar-refractivity contribution is -0.135. The first-order chi connectivity index (χ1) is 14.0. The normalized spacial score (nSPS) is 20.0. The third-order valence-corrected chi connectivity index (χ3v) is 5.94. The van der Waals surface area contributed by atoms with E-state index in [-0.39, 0.29) is 11.9 Å². The molecule has 2 aromatic rings. The maximum Gasteiger partial charge on any atom is 0.257 e. The molecular weight excluding hydrogens is 386 g/mol. The Morgan fingerprint density at radius 2 is 1.93 bits per heavy atom. The number of carbonyl (C=O) groups excluding carboxylic acids is 1. The van der Waals surface area contributed by atoms with Crippen molar-refractivity contribution in [2.75, 3.05) is 32.8 Å². The van der Waals surface area contributed by atoms with Crippen LogP contribution in [0, 0.1) is 13.8 Å². The van der Waals surface area contributed by atoms with Crippen molar-refractivity contribution in [2.45, 2.75) is 26.3 Å². The summed E-state index contributed by atoms with van der Waals surface area (Å²) in [6.07, 6.45) is 0.656. The number of hydrogen-bond acceptors (Lipinski definition) is 4. The summed E-state index contributed by atoms with van der Waals surface area (Å²) in [6.45, 7) is 7.40. The molecule has 1 atom stereocenters. The van der Waals surface area contributed by atoms with E-state index in [0.29, 0.717) is 31.2 Å². The van der Waals surface area contributed by atoms with Gasteiger partial charge in [-0.2, -0.15) is 5.10 Å². The molecule has 0 saturated carbocycles. The number of carbonyl (C=O) groups is 1. The number of aryl methyl sites for hydroxylation is 2. The van der Waals surface area contributed by atoms with Crippen LogP contribution in [0.15, 0.2) is 47.6 Å². The highest BCUT2D eigenvalue weighted by Gasteiger charge is 2.35. The first-order valence-electron chi connectivity index (χ1n) is 10.0. The zero-order valence-corrected chi connectivity index (χ0v) is 17.7. The van der Waals surface area contributed by atoms with Gasteiger partial charge in [0.2, 0.25) is 0 Å². The van der Waals surface area contributed by atoms with E-state index in [0.717, 1.165) is 29.9 Å². The molecule has 29 heavy (non-hydrogen) atoms. The molecule has 2 aromatic carbocycles. The van der Waals surface area contributed by atoms with E-state index in [2.05, 4.69) is 36.9 Å². The highest BCUT2D eigenvalue weighted by atomic mass is 35.5. The average Bonchev–Trinajstić information content (AvgIpc) is 3.16. The van der Waals surface area contributed by atoms with Gasteiger partial charge in [-0.05, 0) is 31.0 Å². The fraction of sp³-hybridized carbons (Fsp3) is 0.391. The Morgan fingerprint density at radius 1 is 1.17 bits per heavy atom. The SMILES string of the molecule is Cc1ccc(C)c([C@H]2CC(c3ccccc3Cl)=NN2C(=O)CN2CCOCC2)c1. The molecule has 2 heterocycles. The Kier molecular flexibility index (Phi) is 5.99. The number of benzene rings is 2. The molecule has 0 aliphatic carbocycles. The predicted octanol–water partition coefficient (Wildman–Crippen LogP) is 3.97. The molecule has 2 aliphatic rings. The molecule has 4 rings (SSSR count). The van der Waals surface area contributed by atoms with Gasteiger partial charge >= 0.3 is 0 Å². The number of nitrogens with zero attached hydrogens (tertiary/aromatic N) is 3. The van der Waals surface area contributed by atoms with Crippen LogP contribution in [0.25, 0.3) is 0 Å². The topological polar surface area (TPSA) is 45.1 Å². The van der Waals surface area contributed by atoms with Crippen LogP contribution in [0.2, 0.25) is 5.02 Å². The van der Waals surface area contributed by atoms with E-state index in [1.54, 1.807) is 5.01 Å². The highest BCUT2D eigenvalue weighted by Crippen LogP contribution is 2.36. The lowest BCUT2D eigenvalue weighted by Crippen LogP contribution is -2.43. The van der Waals surface area contributed by atoms with Crippen molar-refractivity contribution in [3.8, 4) is 0 Å². The van der Waals surface area contributed by atoms with Gasteiger partial charge in [-0.1, -0.05) is 53.6 Å². The predicted molar refractivity (Wildman–Crippen MR) is 115 cm³/mol. The summed E-state index contributed by atoms with van der Waals surface area (Å²) in [6, 6.07) is 14.0. The van der Waals surface area contributed by atoms with Gasteiger partial charge in [0.05, 0.1) is 31.5 Å². The fourth-order valence-corrected chi connectivity index (χ4v) is 4.23. The minimum atomic E-state index is -0.116. The second-order valence-corrected chi connectivity index (χ2v) is 8.14. The van der Waals surface area contributed by atoms with Crippen molar-refractivity contribution in [3.63, 3.8) is 0 Å². The molecule has 0 bridgehead atoms. The van der Waals surface area contributed by atoms with Crippen LogP contribution in [0.4, 0.5) is 0 Å². The maximum absolute atomic E-state index is 13.3. The second-order valence-electron chi connectivity index (χ2n) is 7.73. The van der Waals surface area contributed by atoms with Crippen molar-refractivity contribution in [2.24, 2.45) is 5.10 Å². The minimum absolute atomic E-state index is 0.0138. The van der Waals surface area contributed by atoms with Gasteiger partial charge in [-0.15, -0.1) is 0 Å². The molecule has 1 fully saturated rings. The molecule has 0 spiro atoms. The standard InChI is InChI=1S/C23H26ClN3O2/c1-16-7-8-17(2)19(13-16)22-14-21(18-5-3-4-6-20(18)24)25-27(22)23(28)15-26-9-11-29-12-10-26/h3-8,13,22H,9-12,14-15H2,1-2H3/t22-/m1/s1. The highest BCUT2D eigenvalue weighted by molar-refractivity contribution is 6.34. The molecule has 2 aliphatic heterocycles. The number of halogens is 1. The monoisotopic (exact) mass is 411 g/mol. The van der Waals surface area contributed by atoms with E-state index < -0.39 is 0 Å². The van der Waals surface area contributed by atoms with Crippen LogP contribution in [0.1, 0.15) is 34.7 Å². The molecule has 1 saturated heterocycles. The van der Waals surface area contributed by atoms with Crippen molar-refractivity contribution in [1.82, 2.24) is 9.91 Å². The zero-order valence-electron chi connectivity index (χ0n) is 16.9. The minimum Gasteiger partial charge on any atom is -0.379 e. The first kappa shape index (κ1) is 20.1. The fourth-order valence-electron chi connectivity index (χ4n) is 3.98. The van der Waals surface area contributed by atoms with E-state index in [1.807, 2.05) is 24.3 Å². The van der Waals surface area contributed by atoms with Gasteiger partial charge in [0.1, 0.15) is 0 Å². The molecule has 152 valence electrons. The third-order valence-electron chi connectivity index (χ3n) is 5.61. The van der Waals surface area contributed by atoms with Crippen molar-refractivity contribution < 1.29 is 9.53 Å². The summed E-state index contributed by atoms with van der Waals surface area (Å²) in [7, 11) is 0. The summed E-state index contributed by atoms with van der Waals surface area (Å²) < 4.78 is 5.41. The second kappa shape index (κ2) is 8.66. The molecule has 0 aromatic heterocycles. The van der Waals surface area contributed by atoms with Gasteiger partial charge in [0.15, 0.2) is 0 Å². The number of hydrazone groups is 1. The maximum atomic E-state index is 13.3. The van der Waals surface area contributed by atoms with Crippen LogP contribution in [0.5, 0.6) is 0 Å². The van der Waals surface area contributed by atoms with Gasteiger partial charge in [-0.3, -0.25) is 9.69 Å². The smallest absolute Gasteiger partial charge is 0.257 e. The molecule has 1 amide bonds. The average molecular weight is 412 g/mol. The van der Waals surface area contributed by atoms with Crippen molar-refractivity contribution in [1.29, 1.82) is 0 Å². The van der Waals surface area contributed by atoms with Crippen LogP contribution in [-0.4, -0.2) is 54.4 Å². The zero-order chi connectivity index (χ0) is 20.4. The van der Waals surface area contributed by atoms with E-state index >= 15 is 0 Å². The summed E-state index contributed by atoms with van der Waals surface area (Å²) in [5, 5.41) is 7.11. The Bertz CT molecular complexity index is 937. The van der Waals surface area contributed by atoms with Crippen molar-refractivity contribution in [3.05, 3.63) is 69.7 Å². The van der Waals surface area contributed by atoms with Gasteiger partial charge < -0.3 is 4.74 Å². The lowest BCUT2D eigenvalue weighted by atomic mass is 9.94. The van der Waals surface area contributed by atoms with E-state index in [9.17, 15) is 4.79 Å². The quantitative estimate of drug-likeness (QED) is 0.764. The molecule has 0 unspecified atom stereocenters. The largest absolute Gasteiger partial charge is 0.379 e. The van der Waals surface area contributed by atoms with Crippen molar-refractivity contribution >= 4 is 23.2 Å². The van der Waals surface area contributed by atoms with Gasteiger partial charge in [0, 0.05) is 30.1 Å². The number of rotatable bonds is 4. The number of hydrogen-bond donors (Lipinski definition) is 0. The summed E-state index contributed by atoms with van der Waals surface area (Å²) in [4.78, 5) is 15.4. The van der Waals surface area contributed by atoms with Crippen LogP contribution >= 0.6 is 11.6 Å². The molecule has 0 N–H and O–H groups in total. The van der Waals surface area contributed by atoms with Crippen LogP contribution in [-0.2, 0) is 9.53 Å².